The smallest absolute Gasteiger partial charge is 0.273 e. The number of carbonyl (C=O) groups is 2. The quantitative estimate of drug-likeness (QED) is 0.383. The number of sulfonamides is 1. The van der Waals surface area contributed by atoms with E-state index in [9.17, 15) is 31.2 Å². The number of carbonyl (C=O) groups excluding carboxylic acids is 2. The molecule has 0 saturated carbocycles. The summed E-state index contributed by atoms with van der Waals surface area (Å²) >= 11 is 1.84. The Kier molecular flexibility index (Phi) is 4.76. The van der Waals surface area contributed by atoms with Gasteiger partial charge in [0, 0.05) is 3.42 Å². The maximum Gasteiger partial charge on any atom is 0.517 e. The number of nitrogens with zero attached hydrogens (tertiary/aromatic N) is 1. The van der Waals surface area contributed by atoms with Crippen molar-refractivity contribution in [3.63, 3.8) is 0 Å². The van der Waals surface area contributed by atoms with Crippen LogP contribution in [0.1, 0.15) is 27.7 Å². The highest BCUT2D eigenvalue weighted by Crippen LogP contribution is 2.45. The second kappa shape index (κ2) is 5.36. The summed E-state index contributed by atoms with van der Waals surface area (Å²) < 4.78 is 59.4. The predicted molar refractivity (Wildman–Crippen MR) is 76.7 cm³/mol. The Morgan fingerprint density at radius 3 is 1.81 bits per heavy atom. The van der Waals surface area contributed by atoms with E-state index in [0.717, 1.165) is 0 Å². The van der Waals surface area contributed by atoms with Crippen LogP contribution in [0, 0.1) is 17.8 Å². The van der Waals surface area contributed by atoms with E-state index < -0.39 is 52.8 Å². The molecule has 0 aliphatic carbocycles. The van der Waals surface area contributed by atoms with Crippen molar-refractivity contribution in [2.24, 2.45) is 17.8 Å². The third-order valence-corrected chi connectivity index (χ3v) is 5.40. The minimum absolute atomic E-state index is 0.464. The van der Waals surface area contributed by atoms with Gasteiger partial charge in [-0.15, -0.1) is 0 Å². The van der Waals surface area contributed by atoms with Crippen LogP contribution < -0.4 is 0 Å². The normalized spacial score (nSPS) is 25.1. The van der Waals surface area contributed by atoms with Crippen molar-refractivity contribution in [1.29, 1.82) is 0 Å². The van der Waals surface area contributed by atoms with Crippen LogP contribution >= 0.6 is 22.6 Å². The summed E-state index contributed by atoms with van der Waals surface area (Å²) in [5.41, 5.74) is -5.69. The Hall–Kier alpha value is -0.390. The predicted octanol–water partition coefficient (Wildman–Crippen LogP) is 2.31. The van der Waals surface area contributed by atoms with E-state index in [-0.39, 0.29) is 0 Å². The topological polar surface area (TPSA) is 71.5 Å². The highest BCUT2D eigenvalue weighted by Gasteiger charge is 2.63. The molecule has 0 aromatic rings. The molecule has 0 bridgehead atoms. The Balaban J connectivity index is 3.48. The fourth-order valence-electron chi connectivity index (χ4n) is 2.40. The van der Waals surface area contributed by atoms with Gasteiger partial charge in [-0.25, -0.2) is 0 Å². The minimum Gasteiger partial charge on any atom is -0.273 e. The number of imide groups is 1. The highest BCUT2D eigenvalue weighted by atomic mass is 127. The summed E-state index contributed by atoms with van der Waals surface area (Å²) in [6.45, 7) is 6.27. The summed E-state index contributed by atoms with van der Waals surface area (Å²) in [6.07, 6.45) is 0. The van der Waals surface area contributed by atoms with Gasteiger partial charge >= 0.3 is 15.5 Å². The third kappa shape index (κ3) is 3.06. The van der Waals surface area contributed by atoms with Crippen molar-refractivity contribution in [3.05, 3.63) is 0 Å². The molecule has 5 nitrogen and oxygen atoms in total. The maximum absolute atomic E-state index is 12.6. The molecule has 1 heterocycles. The van der Waals surface area contributed by atoms with Gasteiger partial charge in [0.15, 0.2) is 0 Å². The second-order valence-electron chi connectivity index (χ2n) is 5.70. The molecule has 1 aliphatic rings. The number of amides is 2. The average Bonchev–Trinajstić information content (AvgIpc) is 2.47. The molecule has 10 heteroatoms. The molecule has 0 aromatic carbocycles. The molecule has 2 atom stereocenters. The first-order valence-electron chi connectivity index (χ1n) is 6.02. The van der Waals surface area contributed by atoms with E-state index in [1.807, 2.05) is 22.6 Å². The van der Waals surface area contributed by atoms with Gasteiger partial charge in [0.25, 0.3) is 0 Å². The molecule has 1 aliphatic heterocycles. The molecule has 1 fully saturated rings. The van der Waals surface area contributed by atoms with Crippen LogP contribution in [-0.4, -0.2) is 33.5 Å². The first-order chi connectivity index (χ1) is 9.14. The van der Waals surface area contributed by atoms with Crippen LogP contribution in [0.2, 0.25) is 0 Å². The zero-order valence-corrected chi connectivity index (χ0v) is 14.7. The lowest BCUT2D eigenvalue weighted by Crippen LogP contribution is -2.45. The molecule has 2 amide bonds. The van der Waals surface area contributed by atoms with Crippen LogP contribution in [0.15, 0.2) is 0 Å². The first-order valence-corrected chi connectivity index (χ1v) is 8.54. The van der Waals surface area contributed by atoms with Gasteiger partial charge in [-0.3, -0.25) is 9.59 Å². The summed E-state index contributed by atoms with van der Waals surface area (Å²) in [5.74, 6) is -5.30. The standard InChI is InChI=1S/C11H15F3INO4S/c1-5(2)6-7(10(3,4)15)9(18)16(8(6)17)21(19,20)11(12,13)14/h5-7H,1-4H3. The van der Waals surface area contributed by atoms with Crippen LogP contribution in [-0.2, 0) is 19.6 Å². The molecule has 21 heavy (non-hydrogen) atoms. The Labute approximate surface area is 134 Å². The van der Waals surface area contributed by atoms with Crippen molar-refractivity contribution in [2.45, 2.75) is 36.6 Å². The molecule has 1 rings (SSSR count). The van der Waals surface area contributed by atoms with Crippen LogP contribution in [0.5, 0.6) is 0 Å². The molecule has 122 valence electrons. The van der Waals surface area contributed by atoms with E-state index in [0.29, 0.717) is 0 Å². The SMILES string of the molecule is CC(C)C1C(=O)N(S(=O)(=O)C(F)(F)F)C(=O)C1C(C)(C)I. The average molecular weight is 441 g/mol. The summed E-state index contributed by atoms with van der Waals surface area (Å²) in [4.78, 5) is 24.3. The molecular formula is C11H15F3INO4S. The van der Waals surface area contributed by atoms with Gasteiger partial charge in [0.2, 0.25) is 11.8 Å². The lowest BCUT2D eigenvalue weighted by atomic mass is 9.79. The molecular weight excluding hydrogens is 426 g/mol. The van der Waals surface area contributed by atoms with Crippen molar-refractivity contribution in [1.82, 2.24) is 4.31 Å². The maximum atomic E-state index is 12.6. The zero-order chi connectivity index (χ0) is 17.0. The lowest BCUT2D eigenvalue weighted by molar-refractivity contribution is -0.135. The number of rotatable bonds is 3. The molecule has 0 aromatic heterocycles. The Morgan fingerprint density at radius 2 is 1.57 bits per heavy atom. The van der Waals surface area contributed by atoms with E-state index in [1.165, 1.54) is 0 Å². The summed E-state index contributed by atoms with van der Waals surface area (Å²) in [6, 6.07) is 0. The molecule has 0 radical (unpaired) electrons. The fraction of sp³-hybridized carbons (Fsp3) is 0.818. The van der Waals surface area contributed by atoms with E-state index >= 15 is 0 Å². The van der Waals surface area contributed by atoms with Crippen molar-refractivity contribution in [3.8, 4) is 0 Å². The largest absolute Gasteiger partial charge is 0.517 e. The number of halogens is 4. The van der Waals surface area contributed by atoms with Gasteiger partial charge in [-0.2, -0.15) is 25.9 Å². The van der Waals surface area contributed by atoms with Gasteiger partial charge in [0.1, 0.15) is 0 Å². The van der Waals surface area contributed by atoms with Crippen LogP contribution in [0.4, 0.5) is 13.2 Å². The molecule has 0 N–H and O–H groups in total. The molecule has 1 saturated heterocycles. The zero-order valence-electron chi connectivity index (χ0n) is 11.7. The van der Waals surface area contributed by atoms with Crippen LogP contribution in [0.3, 0.4) is 0 Å². The van der Waals surface area contributed by atoms with Gasteiger partial charge < -0.3 is 0 Å². The Morgan fingerprint density at radius 1 is 1.14 bits per heavy atom. The van der Waals surface area contributed by atoms with Crippen molar-refractivity contribution in [2.75, 3.05) is 0 Å². The van der Waals surface area contributed by atoms with E-state index in [4.69, 9.17) is 0 Å². The number of hydrogen-bond acceptors (Lipinski definition) is 4. The van der Waals surface area contributed by atoms with Gasteiger partial charge in [-0.05, 0) is 5.92 Å². The monoisotopic (exact) mass is 441 g/mol. The summed E-state index contributed by atoms with van der Waals surface area (Å²) in [5, 5.41) is 0. The van der Waals surface area contributed by atoms with Crippen molar-refractivity contribution >= 4 is 44.4 Å². The van der Waals surface area contributed by atoms with E-state index in [2.05, 4.69) is 0 Å². The highest BCUT2D eigenvalue weighted by molar-refractivity contribution is 14.1. The third-order valence-electron chi connectivity index (χ3n) is 3.30. The van der Waals surface area contributed by atoms with Crippen molar-refractivity contribution < 1.29 is 31.2 Å². The molecule has 0 spiro atoms. The second-order valence-corrected chi connectivity index (χ2v) is 10.3. The number of alkyl halides is 4. The lowest BCUT2D eigenvalue weighted by Gasteiger charge is -2.28. The van der Waals surface area contributed by atoms with Gasteiger partial charge in [0.05, 0.1) is 11.8 Å². The fourth-order valence-corrected chi connectivity index (χ4v) is 3.97. The first kappa shape index (κ1) is 18.7. The minimum atomic E-state index is -6.00. The Bertz CT molecular complexity index is 565. The number of hydrogen-bond donors (Lipinski definition) is 0. The van der Waals surface area contributed by atoms with Crippen LogP contribution in [0.25, 0.3) is 0 Å². The van der Waals surface area contributed by atoms with Gasteiger partial charge in [-0.1, -0.05) is 50.3 Å². The van der Waals surface area contributed by atoms with E-state index in [1.54, 1.807) is 27.7 Å². The molecule has 2 unspecified atom stereocenters. The summed E-state index contributed by atoms with van der Waals surface area (Å²) in [7, 11) is -6.00.